The third kappa shape index (κ3) is 4.06. The summed E-state index contributed by atoms with van der Waals surface area (Å²) in [6.07, 6.45) is 9.92. The number of nitrogens with zero attached hydrogens (tertiary/aromatic N) is 7. The summed E-state index contributed by atoms with van der Waals surface area (Å²) < 4.78 is 3.50. The van der Waals surface area contributed by atoms with Crippen molar-refractivity contribution in [1.82, 2.24) is 34.1 Å². The van der Waals surface area contributed by atoms with Gasteiger partial charge in [0.1, 0.15) is 12.0 Å². The number of aromatic nitrogens is 5. The second-order valence-corrected chi connectivity index (χ2v) is 6.75. The lowest BCUT2D eigenvalue weighted by Crippen LogP contribution is -2.49. The van der Waals surface area contributed by atoms with Gasteiger partial charge in [-0.3, -0.25) is 23.9 Å². The Morgan fingerprint density at radius 3 is 2.59 bits per heavy atom. The molecule has 8 nitrogen and oxygen atoms in total. The first-order chi connectivity index (χ1) is 13.2. The van der Waals surface area contributed by atoms with Gasteiger partial charge in [0.25, 0.3) is 5.91 Å². The van der Waals surface area contributed by atoms with Gasteiger partial charge in [-0.2, -0.15) is 5.10 Å². The molecular formula is C19H23N7O. The van der Waals surface area contributed by atoms with Crippen LogP contribution in [0.4, 0.5) is 0 Å². The Kier molecular flexibility index (Phi) is 4.97. The molecule has 1 saturated heterocycles. The van der Waals surface area contributed by atoms with Crippen molar-refractivity contribution in [3.8, 4) is 5.82 Å². The van der Waals surface area contributed by atoms with Gasteiger partial charge < -0.3 is 4.90 Å². The molecule has 0 aromatic carbocycles. The number of imidazole rings is 1. The van der Waals surface area contributed by atoms with E-state index < -0.39 is 0 Å². The van der Waals surface area contributed by atoms with E-state index in [-0.39, 0.29) is 5.91 Å². The summed E-state index contributed by atoms with van der Waals surface area (Å²) in [4.78, 5) is 25.3. The van der Waals surface area contributed by atoms with Gasteiger partial charge in [-0.05, 0) is 24.1 Å². The van der Waals surface area contributed by atoms with Crippen LogP contribution in [0.1, 0.15) is 16.1 Å². The molecule has 0 spiro atoms. The van der Waals surface area contributed by atoms with E-state index in [0.717, 1.165) is 45.0 Å². The molecule has 0 atom stereocenters. The number of aryl methyl sites for hydroxylation is 1. The average Bonchev–Trinajstić information content (AvgIpc) is 3.36. The van der Waals surface area contributed by atoms with Crippen molar-refractivity contribution >= 4 is 5.91 Å². The summed E-state index contributed by atoms with van der Waals surface area (Å²) >= 11 is 0. The predicted molar refractivity (Wildman–Crippen MR) is 101 cm³/mol. The van der Waals surface area contributed by atoms with Crippen LogP contribution in [0.3, 0.4) is 0 Å². The van der Waals surface area contributed by atoms with Crippen molar-refractivity contribution in [3.63, 3.8) is 0 Å². The molecule has 140 valence electrons. The Morgan fingerprint density at radius 2 is 1.89 bits per heavy atom. The standard InChI is InChI=1S/C19H23N7O/c1-23-8-5-18(22-23)26-14-17(21-15-26)19(27)25-12-10-24(11-13-25)9-4-16-2-6-20-7-3-16/h2-3,5-8,14-15H,4,9-13H2,1H3. The number of rotatable bonds is 5. The Morgan fingerprint density at radius 1 is 1.11 bits per heavy atom. The summed E-state index contributed by atoms with van der Waals surface area (Å²) in [5.74, 6) is 0.739. The lowest BCUT2D eigenvalue weighted by atomic mass is 10.2. The van der Waals surface area contributed by atoms with E-state index in [9.17, 15) is 4.79 Å². The maximum absolute atomic E-state index is 12.7. The molecule has 1 fully saturated rings. The molecule has 8 heteroatoms. The fourth-order valence-electron chi connectivity index (χ4n) is 3.27. The number of hydrogen-bond acceptors (Lipinski definition) is 5. The van der Waals surface area contributed by atoms with E-state index in [1.165, 1.54) is 5.56 Å². The first-order valence-electron chi connectivity index (χ1n) is 9.13. The molecule has 1 aliphatic rings. The molecule has 3 aromatic heterocycles. The minimum Gasteiger partial charge on any atom is -0.335 e. The monoisotopic (exact) mass is 365 g/mol. The maximum atomic E-state index is 12.7. The number of pyridine rings is 1. The number of carbonyl (C=O) groups is 1. The molecule has 27 heavy (non-hydrogen) atoms. The van der Waals surface area contributed by atoms with Crippen molar-refractivity contribution in [1.29, 1.82) is 0 Å². The molecule has 3 aromatic rings. The van der Waals surface area contributed by atoms with Crippen LogP contribution in [0, 0.1) is 0 Å². The van der Waals surface area contributed by atoms with Crippen LogP contribution in [-0.2, 0) is 13.5 Å². The summed E-state index contributed by atoms with van der Waals surface area (Å²) in [5.41, 5.74) is 1.76. The van der Waals surface area contributed by atoms with Crippen molar-refractivity contribution in [2.24, 2.45) is 7.05 Å². The second kappa shape index (κ2) is 7.71. The quantitative estimate of drug-likeness (QED) is 0.675. The lowest BCUT2D eigenvalue weighted by Gasteiger charge is -2.34. The summed E-state index contributed by atoms with van der Waals surface area (Å²) in [5, 5.41) is 4.33. The molecular weight excluding hydrogens is 342 g/mol. The summed E-state index contributed by atoms with van der Waals surface area (Å²) in [6, 6.07) is 5.99. The fraction of sp³-hybridized carbons (Fsp3) is 0.368. The molecule has 0 saturated carbocycles. The topological polar surface area (TPSA) is 72.1 Å². The lowest BCUT2D eigenvalue weighted by molar-refractivity contribution is 0.0633. The van der Waals surface area contributed by atoms with E-state index in [1.54, 1.807) is 21.8 Å². The van der Waals surface area contributed by atoms with Crippen LogP contribution in [0.5, 0.6) is 0 Å². The van der Waals surface area contributed by atoms with Gasteiger partial charge in [0.15, 0.2) is 5.82 Å². The molecule has 0 radical (unpaired) electrons. The summed E-state index contributed by atoms with van der Waals surface area (Å²) in [6.45, 7) is 4.23. The average molecular weight is 365 g/mol. The predicted octanol–water partition coefficient (Wildman–Crippen LogP) is 1.00. The first kappa shape index (κ1) is 17.4. The van der Waals surface area contributed by atoms with Gasteiger partial charge >= 0.3 is 0 Å². The molecule has 4 heterocycles. The molecule has 0 unspecified atom stereocenters. The Balaban J connectivity index is 1.30. The molecule has 4 rings (SSSR count). The Hall–Kier alpha value is -3.00. The van der Waals surface area contributed by atoms with Crippen LogP contribution in [-0.4, -0.2) is 72.7 Å². The van der Waals surface area contributed by atoms with Crippen LogP contribution >= 0.6 is 0 Å². The molecule has 0 aliphatic carbocycles. The molecule has 0 bridgehead atoms. The zero-order chi connectivity index (χ0) is 18.6. The van der Waals surface area contributed by atoms with Crippen molar-refractivity contribution in [3.05, 3.63) is 60.6 Å². The SMILES string of the molecule is Cn1ccc(-n2cnc(C(=O)N3CCN(CCc4ccncc4)CC3)c2)n1. The number of amides is 1. The van der Waals surface area contributed by atoms with Gasteiger partial charge in [-0.15, -0.1) is 0 Å². The number of carbonyl (C=O) groups excluding carboxylic acids is 1. The van der Waals surface area contributed by atoms with E-state index in [1.807, 2.05) is 36.6 Å². The Bertz CT molecular complexity index is 894. The highest BCUT2D eigenvalue weighted by Crippen LogP contribution is 2.11. The number of piperazine rings is 1. The Labute approximate surface area is 158 Å². The van der Waals surface area contributed by atoms with Crippen LogP contribution in [0.25, 0.3) is 5.82 Å². The highest BCUT2D eigenvalue weighted by atomic mass is 16.2. The highest BCUT2D eigenvalue weighted by Gasteiger charge is 2.23. The second-order valence-electron chi connectivity index (χ2n) is 6.75. The van der Waals surface area contributed by atoms with E-state index in [4.69, 9.17) is 0 Å². The van der Waals surface area contributed by atoms with Gasteiger partial charge in [0.05, 0.1) is 0 Å². The first-order valence-corrected chi connectivity index (χ1v) is 9.13. The van der Waals surface area contributed by atoms with E-state index >= 15 is 0 Å². The third-order valence-electron chi connectivity index (χ3n) is 4.89. The fourth-order valence-corrected chi connectivity index (χ4v) is 3.27. The van der Waals surface area contributed by atoms with Crippen molar-refractivity contribution in [2.45, 2.75) is 6.42 Å². The van der Waals surface area contributed by atoms with Crippen molar-refractivity contribution < 1.29 is 4.79 Å². The maximum Gasteiger partial charge on any atom is 0.274 e. The normalized spacial score (nSPS) is 15.2. The largest absolute Gasteiger partial charge is 0.335 e. The van der Waals surface area contributed by atoms with Gasteiger partial charge in [-0.25, -0.2) is 4.98 Å². The summed E-state index contributed by atoms with van der Waals surface area (Å²) in [7, 11) is 1.86. The third-order valence-corrected chi connectivity index (χ3v) is 4.89. The van der Waals surface area contributed by atoms with Gasteiger partial charge in [-0.1, -0.05) is 0 Å². The molecule has 1 amide bonds. The van der Waals surface area contributed by atoms with Gasteiger partial charge in [0.2, 0.25) is 0 Å². The molecule has 0 N–H and O–H groups in total. The van der Waals surface area contributed by atoms with E-state index in [0.29, 0.717) is 5.69 Å². The highest BCUT2D eigenvalue weighted by molar-refractivity contribution is 5.92. The zero-order valence-corrected chi connectivity index (χ0v) is 15.4. The number of hydrogen-bond donors (Lipinski definition) is 0. The van der Waals surface area contributed by atoms with Gasteiger partial charge in [0, 0.05) is 70.6 Å². The minimum atomic E-state index is -0.0153. The zero-order valence-electron chi connectivity index (χ0n) is 15.4. The smallest absolute Gasteiger partial charge is 0.274 e. The minimum absolute atomic E-state index is 0.0153. The molecule has 1 aliphatic heterocycles. The van der Waals surface area contributed by atoms with Crippen LogP contribution < -0.4 is 0 Å². The van der Waals surface area contributed by atoms with Crippen LogP contribution in [0.15, 0.2) is 49.3 Å². The van der Waals surface area contributed by atoms with E-state index in [2.05, 4.69) is 32.1 Å². The van der Waals surface area contributed by atoms with Crippen LogP contribution in [0.2, 0.25) is 0 Å². The van der Waals surface area contributed by atoms with Crippen molar-refractivity contribution in [2.75, 3.05) is 32.7 Å².